The molecule has 1 N–H and O–H groups in total. The minimum absolute atomic E-state index is 0.274. The number of rotatable bonds is 3. The zero-order chi connectivity index (χ0) is 16.0. The van der Waals surface area contributed by atoms with E-state index in [1.54, 1.807) is 25.1 Å². The van der Waals surface area contributed by atoms with Crippen molar-refractivity contribution in [2.45, 2.75) is 56.5 Å². The summed E-state index contributed by atoms with van der Waals surface area (Å²) in [5.41, 5.74) is -0.960. The van der Waals surface area contributed by atoms with E-state index in [-0.39, 0.29) is 6.42 Å². The number of hydrogen-bond acceptors (Lipinski definition) is 3. The quantitative estimate of drug-likeness (QED) is 0.871. The van der Waals surface area contributed by atoms with Gasteiger partial charge in [-0.3, -0.25) is 0 Å². The number of benzene rings is 1. The fourth-order valence-electron chi connectivity index (χ4n) is 3.47. The van der Waals surface area contributed by atoms with Crippen molar-refractivity contribution in [3.05, 3.63) is 33.8 Å². The molecule has 1 saturated carbocycles. The maximum atomic E-state index is 12.0. The highest BCUT2D eigenvalue weighted by Gasteiger charge is 2.62. The summed E-state index contributed by atoms with van der Waals surface area (Å²) in [6, 6.07) is 5.10. The van der Waals surface area contributed by atoms with Crippen LogP contribution in [0.4, 0.5) is 0 Å². The lowest BCUT2D eigenvalue weighted by Crippen LogP contribution is -2.44. The summed E-state index contributed by atoms with van der Waals surface area (Å²) < 4.78 is 12.2. The second-order valence-corrected chi connectivity index (χ2v) is 6.72. The molecule has 120 valence electrons. The summed E-state index contributed by atoms with van der Waals surface area (Å²) in [5.74, 6) is -1.87. The van der Waals surface area contributed by atoms with Crippen molar-refractivity contribution in [2.24, 2.45) is 0 Å². The lowest BCUT2D eigenvalue weighted by molar-refractivity contribution is -0.197. The van der Waals surface area contributed by atoms with Crippen LogP contribution in [0, 0.1) is 0 Å². The lowest BCUT2D eigenvalue weighted by atomic mass is 9.88. The molecule has 0 unspecified atom stereocenters. The van der Waals surface area contributed by atoms with Gasteiger partial charge in [-0.2, -0.15) is 0 Å². The first-order valence-electron chi connectivity index (χ1n) is 7.49. The van der Waals surface area contributed by atoms with Gasteiger partial charge in [0.15, 0.2) is 11.4 Å². The third-order valence-electron chi connectivity index (χ3n) is 4.64. The topological polar surface area (TPSA) is 55.8 Å². The predicted octanol–water partition coefficient (Wildman–Crippen LogP) is 4.59. The highest BCUT2D eigenvalue weighted by atomic mass is 35.5. The van der Waals surface area contributed by atoms with Gasteiger partial charge in [-0.15, -0.1) is 0 Å². The van der Waals surface area contributed by atoms with E-state index < -0.39 is 23.5 Å². The van der Waals surface area contributed by atoms with E-state index in [9.17, 15) is 9.90 Å². The normalized spacial score (nSPS) is 30.0. The maximum absolute atomic E-state index is 12.0. The average molecular weight is 345 g/mol. The van der Waals surface area contributed by atoms with Crippen LogP contribution in [-0.4, -0.2) is 22.5 Å². The number of ether oxygens (including phenoxy) is 2. The third-order valence-corrected chi connectivity index (χ3v) is 5.30. The van der Waals surface area contributed by atoms with Crippen LogP contribution >= 0.6 is 23.2 Å². The second kappa shape index (κ2) is 5.68. The standard InChI is InChI=1S/C16H18Cl2O4/c1-2-16(14(19)20)13(12-10(17)6-5-7-11(12)18)21-15(22-16)8-3-4-9-15/h5-7,13H,2-4,8-9H2,1H3,(H,19,20)/t13-,16+/m1/s1. The van der Waals surface area contributed by atoms with Crippen molar-refractivity contribution in [2.75, 3.05) is 0 Å². The highest BCUT2D eigenvalue weighted by Crippen LogP contribution is 2.55. The highest BCUT2D eigenvalue weighted by molar-refractivity contribution is 6.36. The van der Waals surface area contributed by atoms with Crippen LogP contribution < -0.4 is 0 Å². The van der Waals surface area contributed by atoms with Gasteiger partial charge < -0.3 is 14.6 Å². The van der Waals surface area contributed by atoms with Crippen LogP contribution in [0.1, 0.15) is 50.7 Å². The maximum Gasteiger partial charge on any atom is 0.339 e. The van der Waals surface area contributed by atoms with Gasteiger partial charge in [-0.05, 0) is 31.4 Å². The van der Waals surface area contributed by atoms with Gasteiger partial charge >= 0.3 is 5.97 Å². The Morgan fingerprint density at radius 1 is 1.32 bits per heavy atom. The first kappa shape index (κ1) is 16.1. The monoisotopic (exact) mass is 344 g/mol. The Hall–Kier alpha value is -0.810. The van der Waals surface area contributed by atoms with E-state index in [2.05, 4.69) is 0 Å². The largest absolute Gasteiger partial charge is 0.479 e. The molecule has 1 aliphatic heterocycles. The van der Waals surface area contributed by atoms with E-state index in [0.717, 1.165) is 12.8 Å². The molecule has 0 amide bonds. The first-order chi connectivity index (χ1) is 10.4. The fourth-order valence-corrected chi connectivity index (χ4v) is 4.07. The number of carbonyl (C=O) groups is 1. The Morgan fingerprint density at radius 3 is 2.41 bits per heavy atom. The Bertz CT molecular complexity index is 578. The molecule has 1 aromatic carbocycles. The van der Waals surface area contributed by atoms with Crippen molar-refractivity contribution < 1.29 is 19.4 Å². The van der Waals surface area contributed by atoms with Crippen LogP contribution in [0.25, 0.3) is 0 Å². The summed E-state index contributed by atoms with van der Waals surface area (Å²) in [7, 11) is 0. The van der Waals surface area contributed by atoms with Crippen LogP contribution in [-0.2, 0) is 14.3 Å². The van der Waals surface area contributed by atoms with E-state index in [1.165, 1.54) is 0 Å². The molecule has 0 radical (unpaired) electrons. The number of hydrogen-bond donors (Lipinski definition) is 1. The van der Waals surface area contributed by atoms with Gasteiger partial charge in [0.25, 0.3) is 0 Å². The molecule has 1 heterocycles. The van der Waals surface area contributed by atoms with E-state index in [4.69, 9.17) is 32.7 Å². The fraction of sp³-hybridized carbons (Fsp3) is 0.562. The van der Waals surface area contributed by atoms with E-state index in [1.807, 2.05) is 0 Å². The number of carboxylic acid groups (broad SMARTS) is 1. The number of carboxylic acids is 1. The molecule has 2 atom stereocenters. The van der Waals surface area contributed by atoms with Crippen molar-refractivity contribution in [3.8, 4) is 0 Å². The Morgan fingerprint density at radius 2 is 1.91 bits per heavy atom. The van der Waals surface area contributed by atoms with Crippen LogP contribution in [0.2, 0.25) is 10.0 Å². The molecular weight excluding hydrogens is 327 g/mol. The van der Waals surface area contributed by atoms with Crippen molar-refractivity contribution in [1.82, 2.24) is 0 Å². The molecule has 3 rings (SSSR count). The molecule has 1 aliphatic carbocycles. The minimum atomic E-state index is -1.46. The third kappa shape index (κ3) is 2.33. The molecule has 1 aromatic rings. The molecule has 1 spiro atoms. The Kier molecular flexibility index (Phi) is 4.14. The number of halogens is 2. The van der Waals surface area contributed by atoms with Gasteiger partial charge in [0.2, 0.25) is 0 Å². The average Bonchev–Trinajstić information content (AvgIpc) is 3.05. The van der Waals surface area contributed by atoms with Crippen molar-refractivity contribution in [1.29, 1.82) is 0 Å². The summed E-state index contributed by atoms with van der Waals surface area (Å²) >= 11 is 12.6. The zero-order valence-corrected chi connectivity index (χ0v) is 13.8. The number of aliphatic carboxylic acids is 1. The lowest BCUT2D eigenvalue weighted by Gasteiger charge is -2.28. The molecule has 1 saturated heterocycles. The van der Waals surface area contributed by atoms with Crippen LogP contribution in [0.3, 0.4) is 0 Å². The van der Waals surface area contributed by atoms with E-state index >= 15 is 0 Å². The van der Waals surface area contributed by atoms with Gasteiger partial charge in [0, 0.05) is 28.5 Å². The molecular formula is C16H18Cl2O4. The molecule has 0 aromatic heterocycles. The summed E-state index contributed by atoms with van der Waals surface area (Å²) in [6.07, 6.45) is 2.77. The SMILES string of the molecule is CC[C@]1(C(=O)O)OC2(CCCC2)O[C@@H]1c1c(Cl)cccc1Cl. The van der Waals surface area contributed by atoms with Crippen molar-refractivity contribution >= 4 is 29.2 Å². The summed E-state index contributed by atoms with van der Waals surface area (Å²) in [6.45, 7) is 1.78. The molecule has 2 fully saturated rings. The van der Waals surface area contributed by atoms with Crippen molar-refractivity contribution in [3.63, 3.8) is 0 Å². The Balaban J connectivity index is 2.12. The molecule has 4 nitrogen and oxygen atoms in total. The van der Waals surface area contributed by atoms with Gasteiger partial charge in [-0.25, -0.2) is 4.79 Å². The Labute approximate surface area is 139 Å². The molecule has 0 bridgehead atoms. The van der Waals surface area contributed by atoms with Gasteiger partial charge in [0.1, 0.15) is 6.10 Å². The molecule has 2 aliphatic rings. The molecule has 22 heavy (non-hydrogen) atoms. The van der Waals surface area contributed by atoms with E-state index in [0.29, 0.717) is 28.5 Å². The van der Waals surface area contributed by atoms with Crippen LogP contribution in [0.15, 0.2) is 18.2 Å². The minimum Gasteiger partial charge on any atom is -0.479 e. The predicted molar refractivity (Wildman–Crippen MR) is 83.2 cm³/mol. The molecule has 6 heteroatoms. The van der Waals surface area contributed by atoms with Crippen LogP contribution in [0.5, 0.6) is 0 Å². The summed E-state index contributed by atoms with van der Waals surface area (Å²) in [5, 5.41) is 10.6. The summed E-state index contributed by atoms with van der Waals surface area (Å²) in [4.78, 5) is 12.0. The first-order valence-corrected chi connectivity index (χ1v) is 8.25. The second-order valence-electron chi connectivity index (χ2n) is 5.90. The van der Waals surface area contributed by atoms with Gasteiger partial charge in [0.05, 0.1) is 0 Å². The van der Waals surface area contributed by atoms with Gasteiger partial charge in [-0.1, -0.05) is 36.2 Å². The zero-order valence-electron chi connectivity index (χ0n) is 12.3. The smallest absolute Gasteiger partial charge is 0.339 e.